The SMILES string of the molecule is C[C@@H]1[C@@H](N=[N+]=[N-])CCCC1(F)F. The van der Waals surface area contributed by atoms with Crippen LogP contribution in [0.4, 0.5) is 8.78 Å². The molecule has 1 saturated carbocycles. The number of alkyl halides is 2. The summed E-state index contributed by atoms with van der Waals surface area (Å²) in [7, 11) is 0. The first kappa shape index (κ1) is 9.26. The summed E-state index contributed by atoms with van der Waals surface area (Å²) in [6.07, 6.45) is 0.952. The maximum Gasteiger partial charge on any atom is 0.251 e. The largest absolute Gasteiger partial charge is 0.251 e. The predicted molar refractivity (Wildman–Crippen MR) is 40.9 cm³/mol. The van der Waals surface area contributed by atoms with Crippen molar-refractivity contribution >= 4 is 0 Å². The van der Waals surface area contributed by atoms with E-state index in [9.17, 15) is 8.78 Å². The number of azide groups is 1. The summed E-state index contributed by atoms with van der Waals surface area (Å²) < 4.78 is 26.0. The highest BCUT2D eigenvalue weighted by atomic mass is 19.3. The van der Waals surface area contributed by atoms with Crippen LogP contribution < -0.4 is 0 Å². The zero-order valence-corrected chi connectivity index (χ0v) is 6.87. The van der Waals surface area contributed by atoms with Crippen LogP contribution in [0.3, 0.4) is 0 Å². The van der Waals surface area contributed by atoms with E-state index in [2.05, 4.69) is 10.0 Å². The molecule has 2 atom stereocenters. The third kappa shape index (κ3) is 1.67. The Kier molecular flexibility index (Phi) is 2.52. The van der Waals surface area contributed by atoms with Gasteiger partial charge in [-0.25, -0.2) is 8.78 Å². The number of nitrogens with zero attached hydrogens (tertiary/aromatic N) is 3. The summed E-state index contributed by atoms with van der Waals surface area (Å²) in [5.41, 5.74) is 8.12. The first-order valence-corrected chi connectivity index (χ1v) is 4.00. The van der Waals surface area contributed by atoms with Gasteiger partial charge < -0.3 is 0 Å². The van der Waals surface area contributed by atoms with Crippen LogP contribution in [0.5, 0.6) is 0 Å². The molecule has 1 rings (SSSR count). The average molecular weight is 175 g/mol. The van der Waals surface area contributed by atoms with Crippen LogP contribution in [0.1, 0.15) is 26.2 Å². The topological polar surface area (TPSA) is 48.8 Å². The minimum absolute atomic E-state index is 0.0778. The van der Waals surface area contributed by atoms with Gasteiger partial charge in [-0.15, -0.1) is 0 Å². The number of hydrogen-bond acceptors (Lipinski definition) is 1. The van der Waals surface area contributed by atoms with Crippen molar-refractivity contribution < 1.29 is 8.78 Å². The van der Waals surface area contributed by atoms with Gasteiger partial charge in [0.05, 0.1) is 0 Å². The number of rotatable bonds is 1. The van der Waals surface area contributed by atoms with Crippen LogP contribution in [0.15, 0.2) is 5.11 Å². The Morgan fingerprint density at radius 2 is 2.25 bits per heavy atom. The van der Waals surface area contributed by atoms with Crippen molar-refractivity contribution in [1.82, 2.24) is 0 Å². The predicted octanol–water partition coefficient (Wildman–Crippen LogP) is 3.12. The van der Waals surface area contributed by atoms with Gasteiger partial charge in [0.2, 0.25) is 0 Å². The molecule has 1 aliphatic carbocycles. The molecule has 0 saturated heterocycles. The normalized spacial score (nSPS) is 33.9. The molecule has 0 aromatic heterocycles. The fourth-order valence-electron chi connectivity index (χ4n) is 1.53. The Morgan fingerprint density at radius 1 is 1.58 bits per heavy atom. The number of halogens is 2. The van der Waals surface area contributed by atoms with Crippen molar-refractivity contribution in [3.8, 4) is 0 Å². The van der Waals surface area contributed by atoms with E-state index in [4.69, 9.17) is 5.53 Å². The fourth-order valence-corrected chi connectivity index (χ4v) is 1.53. The molecular weight excluding hydrogens is 164 g/mol. The molecule has 0 unspecified atom stereocenters. The van der Waals surface area contributed by atoms with Crippen molar-refractivity contribution in [1.29, 1.82) is 0 Å². The van der Waals surface area contributed by atoms with Gasteiger partial charge in [-0.1, -0.05) is 12.0 Å². The van der Waals surface area contributed by atoms with Crippen molar-refractivity contribution in [2.75, 3.05) is 0 Å². The van der Waals surface area contributed by atoms with Crippen LogP contribution in [-0.4, -0.2) is 12.0 Å². The zero-order chi connectivity index (χ0) is 9.19. The Balaban J connectivity index is 2.72. The van der Waals surface area contributed by atoms with Crippen molar-refractivity contribution in [2.24, 2.45) is 11.0 Å². The standard InChI is InChI=1S/C7H11F2N3/c1-5-6(11-12-10)3-2-4-7(5,8)9/h5-6H,2-4H2,1H3/t5-,6+/m1/s1. The monoisotopic (exact) mass is 175 g/mol. The van der Waals surface area contributed by atoms with Crippen LogP contribution in [-0.2, 0) is 0 Å². The highest BCUT2D eigenvalue weighted by Crippen LogP contribution is 2.39. The smallest absolute Gasteiger partial charge is 0.207 e. The number of hydrogen-bond donors (Lipinski definition) is 0. The summed E-state index contributed by atoms with van der Waals surface area (Å²) in [5.74, 6) is -3.47. The molecule has 0 amide bonds. The Labute approximate surface area is 69.4 Å². The maximum absolute atomic E-state index is 13.0. The van der Waals surface area contributed by atoms with Crippen LogP contribution in [0.2, 0.25) is 0 Å². The first-order chi connectivity index (χ1) is 5.58. The van der Waals surface area contributed by atoms with Gasteiger partial charge >= 0.3 is 0 Å². The van der Waals surface area contributed by atoms with Gasteiger partial charge in [0.25, 0.3) is 5.92 Å². The van der Waals surface area contributed by atoms with Crippen molar-refractivity contribution in [2.45, 2.75) is 38.2 Å². The second kappa shape index (κ2) is 3.27. The molecule has 5 heteroatoms. The third-order valence-corrected chi connectivity index (χ3v) is 2.45. The lowest BCUT2D eigenvalue weighted by Crippen LogP contribution is -2.38. The van der Waals surface area contributed by atoms with Crippen molar-refractivity contribution in [3.05, 3.63) is 10.4 Å². The minimum atomic E-state index is -2.66. The van der Waals surface area contributed by atoms with Crippen LogP contribution in [0, 0.1) is 5.92 Å². The fraction of sp³-hybridized carbons (Fsp3) is 1.00. The van der Waals surface area contributed by atoms with Gasteiger partial charge in [0.1, 0.15) is 0 Å². The van der Waals surface area contributed by atoms with E-state index in [1.165, 1.54) is 6.92 Å². The second-order valence-corrected chi connectivity index (χ2v) is 3.21. The van der Waals surface area contributed by atoms with E-state index in [0.717, 1.165) is 0 Å². The van der Waals surface area contributed by atoms with E-state index in [1.807, 2.05) is 0 Å². The molecule has 0 aliphatic heterocycles. The van der Waals surface area contributed by atoms with E-state index in [1.54, 1.807) is 0 Å². The van der Waals surface area contributed by atoms with E-state index < -0.39 is 17.9 Å². The van der Waals surface area contributed by atoms with Gasteiger partial charge in [0, 0.05) is 23.3 Å². The molecule has 0 radical (unpaired) electrons. The van der Waals surface area contributed by atoms with Crippen molar-refractivity contribution in [3.63, 3.8) is 0 Å². The summed E-state index contributed by atoms with van der Waals surface area (Å²) in [6, 6.07) is -0.529. The van der Waals surface area contributed by atoms with Crippen LogP contribution >= 0.6 is 0 Å². The lowest BCUT2D eigenvalue weighted by atomic mass is 9.83. The molecular formula is C7H11F2N3. The molecule has 0 aromatic carbocycles. The Bertz CT molecular complexity index is 211. The zero-order valence-electron chi connectivity index (χ0n) is 6.87. The average Bonchev–Trinajstić information content (AvgIpc) is 1.99. The molecule has 1 aliphatic rings. The van der Waals surface area contributed by atoms with E-state index >= 15 is 0 Å². The first-order valence-electron chi connectivity index (χ1n) is 4.00. The molecule has 0 N–H and O–H groups in total. The quantitative estimate of drug-likeness (QED) is 0.334. The lowest BCUT2D eigenvalue weighted by Gasteiger charge is -2.32. The molecule has 1 fully saturated rings. The maximum atomic E-state index is 13.0. The van der Waals surface area contributed by atoms with Gasteiger partial charge in [-0.05, 0) is 18.4 Å². The molecule has 3 nitrogen and oxygen atoms in total. The minimum Gasteiger partial charge on any atom is -0.207 e. The van der Waals surface area contributed by atoms with Gasteiger partial charge in [0.15, 0.2) is 0 Å². The molecule has 12 heavy (non-hydrogen) atoms. The Hall–Kier alpha value is -0.830. The second-order valence-electron chi connectivity index (χ2n) is 3.21. The molecule has 0 heterocycles. The highest BCUT2D eigenvalue weighted by molar-refractivity contribution is 4.89. The molecule has 0 aromatic rings. The summed E-state index contributed by atoms with van der Waals surface area (Å²) in [5, 5.41) is 3.36. The molecule has 0 bridgehead atoms. The molecule has 68 valence electrons. The Morgan fingerprint density at radius 3 is 2.83 bits per heavy atom. The summed E-state index contributed by atoms with van der Waals surface area (Å²) in [4.78, 5) is 2.57. The van der Waals surface area contributed by atoms with Crippen LogP contribution in [0.25, 0.3) is 10.4 Å². The lowest BCUT2D eigenvalue weighted by molar-refractivity contribution is -0.0855. The van der Waals surface area contributed by atoms with Gasteiger partial charge in [-0.3, -0.25) is 0 Å². The summed E-state index contributed by atoms with van der Waals surface area (Å²) >= 11 is 0. The third-order valence-electron chi connectivity index (χ3n) is 2.45. The van der Waals surface area contributed by atoms with E-state index in [-0.39, 0.29) is 6.42 Å². The summed E-state index contributed by atoms with van der Waals surface area (Å²) in [6.45, 7) is 1.44. The van der Waals surface area contributed by atoms with Gasteiger partial charge in [-0.2, -0.15) is 0 Å². The van der Waals surface area contributed by atoms with E-state index in [0.29, 0.717) is 12.8 Å². The highest BCUT2D eigenvalue weighted by Gasteiger charge is 2.43. The molecule has 0 spiro atoms.